The summed E-state index contributed by atoms with van der Waals surface area (Å²) in [6, 6.07) is 7.25. The van der Waals surface area contributed by atoms with E-state index in [1.807, 2.05) is 23.6 Å². The lowest BCUT2D eigenvalue weighted by Crippen LogP contribution is -2.28. The van der Waals surface area contributed by atoms with Gasteiger partial charge < -0.3 is 24.7 Å². The summed E-state index contributed by atoms with van der Waals surface area (Å²) in [4.78, 5) is 29.9. The second-order valence-corrected chi connectivity index (χ2v) is 6.47. The number of methoxy groups -OCH3 is 1. The van der Waals surface area contributed by atoms with Crippen molar-refractivity contribution in [1.29, 1.82) is 0 Å². The molecule has 2 N–H and O–H groups in total. The van der Waals surface area contributed by atoms with Gasteiger partial charge in [-0.2, -0.15) is 0 Å². The molecule has 0 fully saturated rings. The maximum absolute atomic E-state index is 12.9. The van der Waals surface area contributed by atoms with Crippen molar-refractivity contribution in [2.24, 2.45) is 0 Å². The average molecular weight is 386 g/mol. The fourth-order valence-corrected chi connectivity index (χ4v) is 3.28. The van der Waals surface area contributed by atoms with Crippen molar-refractivity contribution >= 4 is 17.5 Å². The van der Waals surface area contributed by atoms with Gasteiger partial charge in [0.15, 0.2) is 5.82 Å². The summed E-state index contributed by atoms with van der Waals surface area (Å²) in [6.45, 7) is 3.87. The molecule has 1 aliphatic heterocycles. The summed E-state index contributed by atoms with van der Waals surface area (Å²) in [5.74, 6) is 0.210. The molecule has 3 rings (SSSR count). The number of ether oxygens (including phenoxy) is 2. The van der Waals surface area contributed by atoms with Crippen LogP contribution in [0.4, 0.5) is 5.69 Å². The van der Waals surface area contributed by atoms with E-state index in [0.29, 0.717) is 43.4 Å². The minimum absolute atomic E-state index is 0.248. The number of para-hydroxylation sites is 2. The second-order valence-electron chi connectivity index (χ2n) is 6.47. The molecule has 1 aliphatic rings. The van der Waals surface area contributed by atoms with Crippen LogP contribution in [0.2, 0.25) is 0 Å². The fourth-order valence-electron chi connectivity index (χ4n) is 3.28. The predicted molar refractivity (Wildman–Crippen MR) is 105 cm³/mol. The number of hydrogen-bond acceptors (Lipinski definition) is 5. The van der Waals surface area contributed by atoms with E-state index >= 15 is 0 Å². The number of hydrogen-bond donors (Lipinski definition) is 2. The molecule has 1 aromatic carbocycles. The van der Waals surface area contributed by atoms with Gasteiger partial charge in [-0.15, -0.1) is 0 Å². The van der Waals surface area contributed by atoms with Crippen LogP contribution >= 0.6 is 0 Å². The first-order valence-electron chi connectivity index (χ1n) is 9.55. The van der Waals surface area contributed by atoms with Gasteiger partial charge in [0.2, 0.25) is 0 Å². The Morgan fingerprint density at radius 2 is 2.04 bits per heavy atom. The smallest absolute Gasteiger partial charge is 0.291 e. The number of carbonyl (C=O) groups excluding carboxylic acids is 2. The van der Waals surface area contributed by atoms with Gasteiger partial charge in [0.1, 0.15) is 11.4 Å². The van der Waals surface area contributed by atoms with Crippen LogP contribution in [0.5, 0.6) is 5.75 Å². The second kappa shape index (κ2) is 9.36. The molecule has 2 amide bonds. The van der Waals surface area contributed by atoms with E-state index in [2.05, 4.69) is 15.6 Å². The normalized spacial score (nSPS) is 12.9. The van der Waals surface area contributed by atoms with Crippen LogP contribution in [-0.4, -0.2) is 48.2 Å². The highest BCUT2D eigenvalue weighted by atomic mass is 16.5. The first kappa shape index (κ1) is 19.9. The molecule has 28 heavy (non-hydrogen) atoms. The molecule has 1 aromatic heterocycles. The zero-order valence-corrected chi connectivity index (χ0v) is 16.3. The maximum Gasteiger partial charge on any atom is 0.291 e. The summed E-state index contributed by atoms with van der Waals surface area (Å²) in [5, 5.41) is 5.65. The lowest BCUT2D eigenvalue weighted by molar-refractivity contribution is 0.0931. The highest BCUT2D eigenvalue weighted by Crippen LogP contribution is 2.26. The minimum Gasteiger partial charge on any atom is -0.492 e. The number of carbonyl (C=O) groups is 2. The van der Waals surface area contributed by atoms with Crippen LogP contribution < -0.4 is 15.4 Å². The minimum atomic E-state index is -0.355. The van der Waals surface area contributed by atoms with E-state index in [0.717, 1.165) is 25.0 Å². The third-order valence-electron chi connectivity index (χ3n) is 4.56. The molecular weight excluding hydrogens is 360 g/mol. The van der Waals surface area contributed by atoms with Gasteiger partial charge >= 0.3 is 0 Å². The molecule has 8 nitrogen and oxygen atoms in total. The van der Waals surface area contributed by atoms with E-state index in [4.69, 9.17) is 9.47 Å². The highest BCUT2D eigenvalue weighted by molar-refractivity contribution is 6.04. The largest absolute Gasteiger partial charge is 0.492 e. The van der Waals surface area contributed by atoms with E-state index in [1.165, 1.54) is 0 Å². The molecule has 2 heterocycles. The standard InChI is InChI=1S/C20H26N4O4/c1-3-28-16-10-5-4-8-14(16)22-20(26)18-23-17(19(25)21-11-13-27-2)15-9-6-7-12-24(15)18/h4-5,8,10H,3,6-7,9,11-13H2,1-2H3,(H,21,25)(H,22,26). The first-order valence-corrected chi connectivity index (χ1v) is 9.55. The van der Waals surface area contributed by atoms with E-state index in [-0.39, 0.29) is 17.6 Å². The Labute approximate surface area is 164 Å². The van der Waals surface area contributed by atoms with Gasteiger partial charge in [-0.05, 0) is 38.3 Å². The Kier molecular flexibility index (Phi) is 6.65. The lowest BCUT2D eigenvalue weighted by Gasteiger charge is -2.17. The number of amides is 2. The van der Waals surface area contributed by atoms with Crippen LogP contribution in [0.15, 0.2) is 24.3 Å². The molecule has 0 unspecified atom stereocenters. The molecule has 0 bridgehead atoms. The number of nitrogens with zero attached hydrogens (tertiary/aromatic N) is 2. The summed E-state index contributed by atoms with van der Waals surface area (Å²) in [6.07, 6.45) is 2.64. The van der Waals surface area contributed by atoms with Crippen LogP contribution in [0.25, 0.3) is 0 Å². The number of nitrogens with one attached hydrogen (secondary N) is 2. The molecule has 0 spiro atoms. The molecule has 2 aromatic rings. The van der Waals surface area contributed by atoms with Crippen molar-refractivity contribution in [1.82, 2.24) is 14.9 Å². The highest BCUT2D eigenvalue weighted by Gasteiger charge is 2.27. The van der Waals surface area contributed by atoms with Crippen molar-refractivity contribution in [2.45, 2.75) is 32.7 Å². The molecule has 0 saturated heterocycles. The third kappa shape index (κ3) is 4.33. The van der Waals surface area contributed by atoms with Crippen LogP contribution in [0, 0.1) is 0 Å². The topological polar surface area (TPSA) is 94.5 Å². The van der Waals surface area contributed by atoms with Crippen molar-refractivity contribution in [3.05, 3.63) is 41.5 Å². The van der Waals surface area contributed by atoms with Crippen molar-refractivity contribution in [3.63, 3.8) is 0 Å². The quantitative estimate of drug-likeness (QED) is 0.679. The summed E-state index contributed by atoms with van der Waals surface area (Å²) in [7, 11) is 1.58. The van der Waals surface area contributed by atoms with Crippen molar-refractivity contribution < 1.29 is 19.1 Å². The summed E-state index contributed by atoms with van der Waals surface area (Å²) >= 11 is 0. The Morgan fingerprint density at radius 1 is 1.21 bits per heavy atom. The van der Waals surface area contributed by atoms with Gasteiger partial charge in [0.05, 0.1) is 24.6 Å². The predicted octanol–water partition coefficient (Wildman–Crippen LogP) is 2.25. The number of aromatic nitrogens is 2. The Bertz CT molecular complexity index is 847. The van der Waals surface area contributed by atoms with E-state index < -0.39 is 0 Å². The molecule has 0 atom stereocenters. The van der Waals surface area contributed by atoms with Crippen LogP contribution in [-0.2, 0) is 17.7 Å². The summed E-state index contributed by atoms with van der Waals surface area (Å²) in [5.41, 5.74) is 1.71. The Hall–Kier alpha value is -2.87. The van der Waals surface area contributed by atoms with Gasteiger partial charge in [-0.1, -0.05) is 12.1 Å². The third-order valence-corrected chi connectivity index (χ3v) is 4.56. The molecule has 150 valence electrons. The van der Waals surface area contributed by atoms with Crippen LogP contribution in [0.1, 0.15) is 46.6 Å². The number of imidazole rings is 1. The maximum atomic E-state index is 12.9. The molecular formula is C20H26N4O4. The number of rotatable bonds is 8. The first-order chi connectivity index (χ1) is 13.7. The number of benzene rings is 1. The Balaban J connectivity index is 1.85. The number of fused-ring (bicyclic) bond motifs is 1. The molecule has 0 aliphatic carbocycles. The average Bonchev–Trinajstić information content (AvgIpc) is 3.10. The van der Waals surface area contributed by atoms with Crippen LogP contribution in [0.3, 0.4) is 0 Å². The van der Waals surface area contributed by atoms with Gasteiger partial charge in [-0.25, -0.2) is 4.98 Å². The lowest BCUT2D eigenvalue weighted by atomic mass is 10.1. The number of anilines is 1. The molecule has 8 heteroatoms. The van der Waals surface area contributed by atoms with Gasteiger partial charge in [0.25, 0.3) is 11.8 Å². The zero-order valence-electron chi connectivity index (χ0n) is 16.3. The van der Waals surface area contributed by atoms with Gasteiger partial charge in [-0.3, -0.25) is 9.59 Å². The summed E-state index contributed by atoms with van der Waals surface area (Å²) < 4.78 is 12.4. The van der Waals surface area contributed by atoms with E-state index in [9.17, 15) is 9.59 Å². The molecule has 0 saturated carbocycles. The monoisotopic (exact) mass is 386 g/mol. The fraction of sp³-hybridized carbons (Fsp3) is 0.450. The van der Waals surface area contributed by atoms with Gasteiger partial charge in [0, 0.05) is 20.2 Å². The van der Waals surface area contributed by atoms with E-state index in [1.54, 1.807) is 19.2 Å². The Morgan fingerprint density at radius 3 is 2.82 bits per heavy atom. The van der Waals surface area contributed by atoms with Crippen molar-refractivity contribution in [2.75, 3.05) is 32.2 Å². The molecule has 0 radical (unpaired) electrons. The van der Waals surface area contributed by atoms with Crippen molar-refractivity contribution in [3.8, 4) is 5.75 Å². The SMILES string of the molecule is CCOc1ccccc1NC(=O)c1nc(C(=O)NCCOC)c2n1CCCC2. The zero-order chi connectivity index (χ0) is 19.9.